The molecular weight excluding hydrogens is 312 g/mol. The van der Waals surface area contributed by atoms with E-state index >= 15 is 0 Å². The normalized spacial score (nSPS) is 10.4. The lowest BCUT2D eigenvalue weighted by Crippen LogP contribution is -2.02. The number of rotatable bonds is 5. The van der Waals surface area contributed by atoms with E-state index in [1.807, 2.05) is 43.3 Å². The quantitative estimate of drug-likeness (QED) is 0.695. The summed E-state index contributed by atoms with van der Waals surface area (Å²) >= 11 is 0. The zero-order valence-electron chi connectivity index (χ0n) is 14.9. The Morgan fingerprint density at radius 3 is 2.36 bits per heavy atom. The average Bonchev–Trinajstić information content (AvgIpc) is 2.58. The first kappa shape index (κ1) is 16.8. The van der Waals surface area contributed by atoms with Crippen molar-refractivity contribution in [2.75, 3.05) is 17.7 Å². The second-order valence-electron chi connectivity index (χ2n) is 6.00. The van der Waals surface area contributed by atoms with E-state index in [0.717, 1.165) is 28.6 Å². The first-order valence-corrected chi connectivity index (χ1v) is 8.14. The third kappa shape index (κ3) is 4.26. The van der Waals surface area contributed by atoms with Crippen molar-refractivity contribution in [1.82, 2.24) is 9.97 Å². The van der Waals surface area contributed by atoms with Gasteiger partial charge in [0.2, 0.25) is 5.95 Å². The first-order chi connectivity index (χ1) is 12.0. The minimum atomic E-state index is 0.564. The molecule has 0 aliphatic rings. The van der Waals surface area contributed by atoms with E-state index in [4.69, 9.17) is 4.74 Å². The van der Waals surface area contributed by atoms with E-state index in [-0.39, 0.29) is 0 Å². The Labute approximate surface area is 148 Å². The van der Waals surface area contributed by atoms with Crippen LogP contribution in [0.5, 0.6) is 5.75 Å². The van der Waals surface area contributed by atoms with Crippen molar-refractivity contribution in [3.63, 3.8) is 0 Å². The average molecular weight is 334 g/mol. The maximum Gasteiger partial charge on any atom is 0.229 e. The van der Waals surface area contributed by atoms with Gasteiger partial charge in [-0.2, -0.15) is 4.98 Å². The third-order valence-corrected chi connectivity index (χ3v) is 3.96. The second-order valence-corrected chi connectivity index (χ2v) is 6.00. The molecule has 0 spiro atoms. The van der Waals surface area contributed by atoms with Gasteiger partial charge < -0.3 is 15.4 Å². The Kier molecular flexibility index (Phi) is 4.84. The van der Waals surface area contributed by atoms with Crippen LogP contribution < -0.4 is 15.4 Å². The van der Waals surface area contributed by atoms with Crippen LogP contribution in [0.1, 0.15) is 16.8 Å². The molecule has 0 fully saturated rings. The van der Waals surface area contributed by atoms with Crippen LogP contribution in [0.25, 0.3) is 0 Å². The van der Waals surface area contributed by atoms with Crippen molar-refractivity contribution in [3.8, 4) is 5.75 Å². The smallest absolute Gasteiger partial charge is 0.229 e. The van der Waals surface area contributed by atoms with Crippen LogP contribution in [-0.2, 0) is 0 Å². The largest absolute Gasteiger partial charge is 0.497 e. The van der Waals surface area contributed by atoms with Gasteiger partial charge in [-0.25, -0.2) is 4.98 Å². The Morgan fingerprint density at radius 2 is 1.60 bits per heavy atom. The molecule has 0 saturated heterocycles. The topological polar surface area (TPSA) is 59.1 Å². The molecule has 1 aromatic heterocycles. The number of nitrogens with zero attached hydrogens (tertiary/aromatic N) is 2. The zero-order valence-corrected chi connectivity index (χ0v) is 14.9. The fourth-order valence-corrected chi connectivity index (χ4v) is 2.49. The molecule has 0 amide bonds. The van der Waals surface area contributed by atoms with Crippen LogP contribution in [0.2, 0.25) is 0 Å². The van der Waals surface area contributed by atoms with Gasteiger partial charge in [0.15, 0.2) is 0 Å². The minimum Gasteiger partial charge on any atom is -0.497 e. The van der Waals surface area contributed by atoms with E-state index in [1.165, 1.54) is 11.1 Å². The predicted molar refractivity (Wildman–Crippen MR) is 102 cm³/mol. The summed E-state index contributed by atoms with van der Waals surface area (Å²) in [5.41, 5.74) is 5.26. The number of hydrogen-bond acceptors (Lipinski definition) is 5. The van der Waals surface area contributed by atoms with Gasteiger partial charge >= 0.3 is 0 Å². The zero-order chi connectivity index (χ0) is 17.8. The van der Waals surface area contributed by atoms with Crippen LogP contribution in [0.3, 0.4) is 0 Å². The van der Waals surface area contributed by atoms with Crippen LogP contribution in [0, 0.1) is 20.8 Å². The summed E-state index contributed by atoms with van der Waals surface area (Å²) in [6.45, 7) is 6.13. The van der Waals surface area contributed by atoms with E-state index in [2.05, 4.69) is 46.6 Å². The number of nitrogens with one attached hydrogen (secondary N) is 2. The Bertz CT molecular complexity index is 893. The molecule has 2 aromatic carbocycles. The summed E-state index contributed by atoms with van der Waals surface area (Å²) in [5, 5.41) is 6.57. The molecule has 0 bridgehead atoms. The highest BCUT2D eigenvalue weighted by Gasteiger charge is 2.05. The third-order valence-electron chi connectivity index (χ3n) is 3.96. The van der Waals surface area contributed by atoms with E-state index < -0.39 is 0 Å². The Morgan fingerprint density at radius 1 is 0.800 bits per heavy atom. The molecule has 3 rings (SSSR count). The van der Waals surface area contributed by atoms with Crippen molar-refractivity contribution in [2.45, 2.75) is 20.8 Å². The van der Waals surface area contributed by atoms with Crippen LogP contribution >= 0.6 is 0 Å². The van der Waals surface area contributed by atoms with Gasteiger partial charge in [0, 0.05) is 29.2 Å². The number of hydrogen-bond donors (Lipinski definition) is 2. The maximum atomic E-state index is 5.25. The van der Waals surface area contributed by atoms with Gasteiger partial charge in [-0.3, -0.25) is 0 Å². The number of aromatic nitrogens is 2. The molecule has 128 valence electrons. The van der Waals surface area contributed by atoms with Gasteiger partial charge in [-0.1, -0.05) is 12.1 Å². The molecular formula is C20H22N4O. The van der Waals surface area contributed by atoms with Crippen molar-refractivity contribution in [3.05, 3.63) is 65.4 Å². The van der Waals surface area contributed by atoms with Gasteiger partial charge in [-0.15, -0.1) is 0 Å². The number of ether oxygens (including phenoxy) is 1. The van der Waals surface area contributed by atoms with Gasteiger partial charge in [0.05, 0.1) is 7.11 Å². The molecule has 0 atom stereocenters. The van der Waals surface area contributed by atoms with Crippen LogP contribution in [0.4, 0.5) is 23.1 Å². The monoisotopic (exact) mass is 334 g/mol. The number of benzene rings is 2. The van der Waals surface area contributed by atoms with Gasteiger partial charge in [-0.05, 0) is 56.2 Å². The number of methoxy groups -OCH3 is 1. The lowest BCUT2D eigenvalue weighted by molar-refractivity contribution is 0.415. The second kappa shape index (κ2) is 7.21. The molecule has 1 heterocycles. The Balaban J connectivity index is 1.83. The summed E-state index contributed by atoms with van der Waals surface area (Å²) in [6.07, 6.45) is 0. The van der Waals surface area contributed by atoms with Crippen molar-refractivity contribution >= 4 is 23.1 Å². The molecule has 0 radical (unpaired) electrons. The molecule has 2 N–H and O–H groups in total. The fraction of sp³-hybridized carbons (Fsp3) is 0.200. The summed E-state index contributed by atoms with van der Waals surface area (Å²) in [5.74, 6) is 2.09. The lowest BCUT2D eigenvalue weighted by atomic mass is 10.1. The summed E-state index contributed by atoms with van der Waals surface area (Å²) in [7, 11) is 1.65. The number of aryl methyl sites for hydroxylation is 3. The molecule has 0 aliphatic carbocycles. The van der Waals surface area contributed by atoms with Gasteiger partial charge in [0.25, 0.3) is 0 Å². The molecule has 0 unspecified atom stereocenters. The van der Waals surface area contributed by atoms with Crippen LogP contribution in [0.15, 0.2) is 48.5 Å². The molecule has 5 nitrogen and oxygen atoms in total. The van der Waals surface area contributed by atoms with Crippen LogP contribution in [-0.4, -0.2) is 17.1 Å². The maximum absolute atomic E-state index is 5.25. The van der Waals surface area contributed by atoms with Crippen molar-refractivity contribution in [2.24, 2.45) is 0 Å². The molecule has 25 heavy (non-hydrogen) atoms. The van der Waals surface area contributed by atoms with Crippen molar-refractivity contribution < 1.29 is 4.74 Å². The van der Waals surface area contributed by atoms with Gasteiger partial charge in [0.1, 0.15) is 11.6 Å². The van der Waals surface area contributed by atoms with E-state index in [0.29, 0.717) is 5.95 Å². The summed E-state index contributed by atoms with van der Waals surface area (Å²) in [4.78, 5) is 9.03. The SMILES string of the molecule is COc1cccc(Nc2cc(C)nc(Nc3ccc(C)c(C)c3)n2)c1. The minimum absolute atomic E-state index is 0.564. The number of anilines is 4. The summed E-state index contributed by atoms with van der Waals surface area (Å²) in [6, 6.07) is 15.9. The summed E-state index contributed by atoms with van der Waals surface area (Å²) < 4.78 is 5.25. The highest BCUT2D eigenvalue weighted by atomic mass is 16.5. The first-order valence-electron chi connectivity index (χ1n) is 8.14. The van der Waals surface area contributed by atoms with E-state index in [1.54, 1.807) is 7.11 Å². The highest BCUT2D eigenvalue weighted by Crippen LogP contribution is 2.23. The highest BCUT2D eigenvalue weighted by molar-refractivity contribution is 5.61. The molecule has 0 saturated carbocycles. The van der Waals surface area contributed by atoms with Crippen molar-refractivity contribution in [1.29, 1.82) is 0 Å². The molecule has 3 aromatic rings. The molecule has 5 heteroatoms. The predicted octanol–water partition coefficient (Wildman–Crippen LogP) is 4.90. The molecule has 0 aliphatic heterocycles. The Hall–Kier alpha value is -3.08. The van der Waals surface area contributed by atoms with E-state index in [9.17, 15) is 0 Å². The lowest BCUT2D eigenvalue weighted by Gasteiger charge is -2.11. The standard InChI is InChI=1S/C20H22N4O/c1-13-8-9-17(10-14(13)2)23-20-21-15(3)11-19(24-20)22-16-6-5-7-18(12-16)25-4/h5-12H,1-4H3,(H2,21,22,23,24). The fourth-order valence-electron chi connectivity index (χ4n) is 2.49.